The van der Waals surface area contributed by atoms with E-state index in [9.17, 15) is 0 Å². The Balaban J connectivity index is 3.34. The zero-order valence-electron chi connectivity index (χ0n) is 10.5. The first-order valence-electron chi connectivity index (χ1n) is 5.19. The third-order valence-corrected chi connectivity index (χ3v) is 3.24. The number of hydrogen-bond donors (Lipinski definition) is 0. The maximum absolute atomic E-state index is 5.36. The van der Waals surface area contributed by atoms with Gasteiger partial charge in [0.05, 0.1) is 26.9 Å². The molecule has 0 atom stereocenters. The standard InChI is InChI=1S/C13H17BrO3/c1-9(8-14)5-11-12(16-3)6-10(15-2)7-13(11)17-4/h5-7H,8H2,1-4H3. The van der Waals surface area contributed by atoms with Gasteiger partial charge in [0.1, 0.15) is 17.2 Å². The molecule has 0 aromatic heterocycles. The van der Waals surface area contributed by atoms with E-state index in [1.54, 1.807) is 21.3 Å². The Morgan fingerprint density at radius 1 is 1.12 bits per heavy atom. The lowest BCUT2D eigenvalue weighted by Gasteiger charge is -2.13. The van der Waals surface area contributed by atoms with Gasteiger partial charge in [0.15, 0.2) is 0 Å². The number of ether oxygens (including phenoxy) is 3. The van der Waals surface area contributed by atoms with Gasteiger partial charge in [-0.2, -0.15) is 0 Å². The van der Waals surface area contributed by atoms with E-state index >= 15 is 0 Å². The van der Waals surface area contributed by atoms with Gasteiger partial charge in [-0.15, -0.1) is 0 Å². The van der Waals surface area contributed by atoms with Crippen molar-refractivity contribution in [3.8, 4) is 17.2 Å². The Hall–Kier alpha value is -1.16. The van der Waals surface area contributed by atoms with Crippen LogP contribution in [-0.2, 0) is 0 Å². The average Bonchev–Trinajstić information content (AvgIpc) is 2.38. The maximum Gasteiger partial charge on any atom is 0.133 e. The minimum absolute atomic E-state index is 0.715. The number of rotatable bonds is 5. The summed E-state index contributed by atoms with van der Waals surface area (Å²) < 4.78 is 15.9. The van der Waals surface area contributed by atoms with Gasteiger partial charge in [-0.05, 0) is 13.0 Å². The van der Waals surface area contributed by atoms with Gasteiger partial charge in [0.2, 0.25) is 0 Å². The molecule has 17 heavy (non-hydrogen) atoms. The number of allylic oxidation sites excluding steroid dienone is 1. The third kappa shape index (κ3) is 3.40. The van der Waals surface area contributed by atoms with Crippen LogP contribution >= 0.6 is 15.9 Å². The molecule has 0 unspecified atom stereocenters. The van der Waals surface area contributed by atoms with Gasteiger partial charge in [0, 0.05) is 17.5 Å². The Labute approximate surface area is 111 Å². The van der Waals surface area contributed by atoms with Crippen molar-refractivity contribution >= 4 is 22.0 Å². The van der Waals surface area contributed by atoms with E-state index < -0.39 is 0 Å². The second-order valence-corrected chi connectivity index (χ2v) is 4.13. The Bertz CT molecular complexity index is 388. The molecule has 1 aromatic carbocycles. The molecule has 94 valence electrons. The van der Waals surface area contributed by atoms with Crippen molar-refractivity contribution in [2.24, 2.45) is 0 Å². The van der Waals surface area contributed by atoms with Crippen LogP contribution in [0.2, 0.25) is 0 Å². The van der Waals surface area contributed by atoms with Crippen molar-refractivity contribution in [1.29, 1.82) is 0 Å². The summed E-state index contributed by atoms with van der Waals surface area (Å²) in [5, 5.41) is 0.811. The van der Waals surface area contributed by atoms with Crippen LogP contribution in [0, 0.1) is 0 Å². The molecule has 3 nitrogen and oxygen atoms in total. The van der Waals surface area contributed by atoms with Crippen molar-refractivity contribution in [2.45, 2.75) is 6.92 Å². The SMILES string of the molecule is COc1cc(OC)c(C=C(C)CBr)c(OC)c1. The van der Waals surface area contributed by atoms with E-state index in [-0.39, 0.29) is 0 Å². The average molecular weight is 301 g/mol. The summed E-state index contributed by atoms with van der Waals surface area (Å²) in [6.07, 6.45) is 2.03. The Morgan fingerprint density at radius 2 is 1.65 bits per heavy atom. The van der Waals surface area contributed by atoms with E-state index in [0.29, 0.717) is 5.75 Å². The molecule has 0 aliphatic heterocycles. The molecule has 0 saturated heterocycles. The molecule has 1 rings (SSSR count). The van der Waals surface area contributed by atoms with Gasteiger partial charge in [-0.3, -0.25) is 0 Å². The summed E-state index contributed by atoms with van der Waals surface area (Å²) >= 11 is 3.42. The molecule has 0 bridgehead atoms. The molecular weight excluding hydrogens is 284 g/mol. The van der Waals surface area contributed by atoms with Crippen molar-refractivity contribution < 1.29 is 14.2 Å². The smallest absolute Gasteiger partial charge is 0.133 e. The first kappa shape index (κ1) is 13.9. The van der Waals surface area contributed by atoms with Crippen LogP contribution < -0.4 is 14.2 Å². The molecule has 0 radical (unpaired) electrons. The lowest BCUT2D eigenvalue weighted by atomic mass is 10.1. The highest BCUT2D eigenvalue weighted by Gasteiger charge is 2.11. The van der Waals surface area contributed by atoms with E-state index in [1.165, 1.54) is 5.57 Å². The van der Waals surface area contributed by atoms with E-state index in [4.69, 9.17) is 14.2 Å². The van der Waals surface area contributed by atoms with E-state index in [2.05, 4.69) is 15.9 Å². The summed E-state index contributed by atoms with van der Waals surface area (Å²) in [4.78, 5) is 0. The van der Waals surface area contributed by atoms with Crippen molar-refractivity contribution in [3.63, 3.8) is 0 Å². The van der Waals surface area contributed by atoms with Crippen molar-refractivity contribution in [1.82, 2.24) is 0 Å². The highest BCUT2D eigenvalue weighted by molar-refractivity contribution is 9.09. The quantitative estimate of drug-likeness (QED) is 0.779. The zero-order chi connectivity index (χ0) is 12.8. The van der Waals surface area contributed by atoms with Gasteiger partial charge in [0.25, 0.3) is 0 Å². The number of halogens is 1. The molecule has 0 aliphatic rings. The maximum atomic E-state index is 5.36. The predicted molar refractivity (Wildman–Crippen MR) is 73.5 cm³/mol. The van der Waals surface area contributed by atoms with Crippen LogP contribution in [0.15, 0.2) is 17.7 Å². The fourth-order valence-corrected chi connectivity index (χ4v) is 1.62. The molecule has 0 amide bonds. The third-order valence-electron chi connectivity index (χ3n) is 2.35. The van der Waals surface area contributed by atoms with Crippen molar-refractivity contribution in [3.05, 3.63) is 23.3 Å². The summed E-state index contributed by atoms with van der Waals surface area (Å²) in [5.74, 6) is 2.19. The number of alkyl halides is 1. The van der Waals surface area contributed by atoms with Crippen LogP contribution in [0.5, 0.6) is 17.2 Å². The summed E-state index contributed by atoms with van der Waals surface area (Å²) in [5.41, 5.74) is 2.11. The molecule has 0 spiro atoms. The van der Waals surface area contributed by atoms with Gasteiger partial charge in [-0.25, -0.2) is 0 Å². The van der Waals surface area contributed by atoms with Gasteiger partial charge >= 0.3 is 0 Å². The van der Waals surface area contributed by atoms with Crippen LogP contribution in [0.3, 0.4) is 0 Å². The minimum atomic E-state index is 0.715. The van der Waals surface area contributed by atoms with Crippen LogP contribution in [0.4, 0.5) is 0 Å². The second kappa shape index (κ2) is 6.55. The normalized spacial score (nSPS) is 11.2. The summed E-state index contributed by atoms with van der Waals surface area (Å²) in [6.45, 7) is 2.04. The molecule has 0 fully saturated rings. The molecule has 0 aliphatic carbocycles. The number of hydrogen-bond acceptors (Lipinski definition) is 3. The monoisotopic (exact) mass is 300 g/mol. The molecule has 1 aromatic rings. The molecule has 4 heteroatoms. The lowest BCUT2D eigenvalue weighted by molar-refractivity contribution is 0.374. The summed E-state index contributed by atoms with van der Waals surface area (Å²) in [7, 11) is 4.89. The number of benzene rings is 1. The largest absolute Gasteiger partial charge is 0.496 e. The van der Waals surface area contributed by atoms with Gasteiger partial charge < -0.3 is 14.2 Å². The van der Waals surface area contributed by atoms with Crippen LogP contribution in [0.1, 0.15) is 12.5 Å². The van der Waals surface area contributed by atoms with E-state index in [1.807, 2.05) is 25.1 Å². The minimum Gasteiger partial charge on any atom is -0.496 e. The van der Waals surface area contributed by atoms with Crippen LogP contribution in [-0.4, -0.2) is 26.7 Å². The zero-order valence-corrected chi connectivity index (χ0v) is 12.1. The van der Waals surface area contributed by atoms with Crippen molar-refractivity contribution in [2.75, 3.05) is 26.7 Å². The second-order valence-electron chi connectivity index (χ2n) is 3.57. The van der Waals surface area contributed by atoms with Gasteiger partial charge in [-0.1, -0.05) is 21.5 Å². The first-order chi connectivity index (χ1) is 8.15. The topological polar surface area (TPSA) is 27.7 Å². The molecular formula is C13H17BrO3. The molecule has 0 N–H and O–H groups in total. The fourth-order valence-electron chi connectivity index (χ4n) is 1.46. The lowest BCUT2D eigenvalue weighted by Crippen LogP contribution is -1.95. The highest BCUT2D eigenvalue weighted by atomic mass is 79.9. The summed E-state index contributed by atoms with van der Waals surface area (Å²) in [6, 6.07) is 3.69. The highest BCUT2D eigenvalue weighted by Crippen LogP contribution is 2.35. The number of methoxy groups -OCH3 is 3. The molecule has 0 heterocycles. The van der Waals surface area contributed by atoms with Crippen LogP contribution in [0.25, 0.3) is 6.08 Å². The Morgan fingerprint density at radius 3 is 2.00 bits per heavy atom. The Kier molecular flexibility index (Phi) is 5.35. The van der Waals surface area contributed by atoms with E-state index in [0.717, 1.165) is 22.4 Å². The first-order valence-corrected chi connectivity index (χ1v) is 6.31. The molecule has 0 saturated carbocycles. The predicted octanol–water partition coefficient (Wildman–Crippen LogP) is 3.51. The fraction of sp³-hybridized carbons (Fsp3) is 0.385.